The number of fused-ring (bicyclic) bond motifs is 1. The van der Waals surface area contributed by atoms with Crippen molar-refractivity contribution in [2.75, 3.05) is 7.11 Å². The Bertz CT molecular complexity index is 827. The van der Waals surface area contributed by atoms with E-state index in [4.69, 9.17) is 18.9 Å². The minimum absolute atomic E-state index is 0.242. The summed E-state index contributed by atoms with van der Waals surface area (Å²) in [5.41, 5.74) is -1.22. The van der Waals surface area contributed by atoms with E-state index in [2.05, 4.69) is 0 Å². The van der Waals surface area contributed by atoms with Gasteiger partial charge in [-0.25, -0.2) is 4.79 Å². The Hall–Kier alpha value is -2.22. The lowest BCUT2D eigenvalue weighted by atomic mass is 9.83. The van der Waals surface area contributed by atoms with Gasteiger partial charge in [-0.15, -0.1) is 0 Å². The lowest BCUT2D eigenvalue weighted by molar-refractivity contribution is -0.206. The molecule has 0 amide bonds. The average molecular weight is 402 g/mol. The molecule has 0 saturated carbocycles. The molecule has 5 atom stereocenters. The zero-order chi connectivity index (χ0) is 19.7. The second-order valence-corrected chi connectivity index (χ2v) is 8.13. The zero-order valence-corrected chi connectivity index (χ0v) is 16.4. The fourth-order valence-corrected chi connectivity index (χ4v) is 4.84. The van der Waals surface area contributed by atoms with E-state index in [1.54, 1.807) is 7.11 Å². The summed E-state index contributed by atoms with van der Waals surface area (Å²) in [5, 5.41) is 11.7. The Morgan fingerprint density at radius 3 is 2.50 bits per heavy atom. The summed E-state index contributed by atoms with van der Waals surface area (Å²) in [5.74, 6) is 0.730. The molecule has 0 aliphatic carbocycles. The largest absolute Gasteiger partial charge is 0.509 e. The fourth-order valence-electron chi connectivity index (χ4n) is 3.63. The van der Waals surface area contributed by atoms with Crippen LogP contribution in [0.3, 0.4) is 0 Å². The third kappa shape index (κ3) is 3.57. The number of thioether (sulfide) groups is 1. The molecule has 0 unspecified atom stereocenters. The molecule has 2 saturated heterocycles. The third-order valence-corrected chi connectivity index (χ3v) is 6.37. The SMILES string of the molecule is COc1ccc(C[C@]2(O)[C@@H]3OC(=O)O[C@@H]3[C@H](C)O[C@H]2Sc2ccccc2)cc1. The van der Waals surface area contributed by atoms with E-state index in [0.717, 1.165) is 16.2 Å². The van der Waals surface area contributed by atoms with Gasteiger partial charge in [-0.2, -0.15) is 0 Å². The highest BCUT2D eigenvalue weighted by atomic mass is 32.2. The molecule has 28 heavy (non-hydrogen) atoms. The molecule has 0 spiro atoms. The fraction of sp³-hybridized carbons (Fsp3) is 0.381. The van der Waals surface area contributed by atoms with Crippen LogP contribution in [0.4, 0.5) is 4.79 Å². The summed E-state index contributed by atoms with van der Waals surface area (Å²) in [6, 6.07) is 17.1. The Kier molecular flexibility index (Phi) is 5.23. The van der Waals surface area contributed by atoms with Crippen molar-refractivity contribution in [3.63, 3.8) is 0 Å². The van der Waals surface area contributed by atoms with Crippen LogP contribution in [0, 0.1) is 0 Å². The molecule has 2 fully saturated rings. The summed E-state index contributed by atoms with van der Waals surface area (Å²) < 4.78 is 22.0. The van der Waals surface area contributed by atoms with E-state index in [9.17, 15) is 9.90 Å². The van der Waals surface area contributed by atoms with Gasteiger partial charge in [0.05, 0.1) is 13.2 Å². The zero-order valence-electron chi connectivity index (χ0n) is 15.6. The minimum atomic E-state index is -1.46. The van der Waals surface area contributed by atoms with Gasteiger partial charge in [0.2, 0.25) is 0 Å². The number of methoxy groups -OCH3 is 1. The van der Waals surface area contributed by atoms with Gasteiger partial charge in [0.25, 0.3) is 0 Å². The first kappa shape index (κ1) is 19.1. The number of ether oxygens (including phenoxy) is 4. The first-order valence-electron chi connectivity index (χ1n) is 9.09. The Balaban J connectivity index is 1.66. The van der Waals surface area contributed by atoms with E-state index in [1.165, 1.54) is 11.8 Å². The number of hydrogen-bond donors (Lipinski definition) is 1. The van der Waals surface area contributed by atoms with Gasteiger partial charge in [0.15, 0.2) is 12.2 Å². The first-order valence-corrected chi connectivity index (χ1v) is 9.97. The smallest absolute Gasteiger partial charge is 0.497 e. The highest BCUT2D eigenvalue weighted by Gasteiger charge is 2.61. The number of carbonyl (C=O) groups is 1. The van der Waals surface area contributed by atoms with Gasteiger partial charge >= 0.3 is 6.16 Å². The van der Waals surface area contributed by atoms with Crippen LogP contribution >= 0.6 is 11.8 Å². The summed E-state index contributed by atoms with van der Waals surface area (Å²) in [7, 11) is 1.60. The first-order chi connectivity index (χ1) is 13.5. The molecular formula is C21H22O6S. The van der Waals surface area contributed by atoms with Gasteiger partial charge in [-0.3, -0.25) is 0 Å². The molecule has 0 bridgehead atoms. The summed E-state index contributed by atoms with van der Waals surface area (Å²) in [6.45, 7) is 1.82. The lowest BCUT2D eigenvalue weighted by Gasteiger charge is -2.46. The molecule has 4 rings (SSSR count). The molecule has 2 aromatic rings. The van der Waals surface area contributed by atoms with Crippen LogP contribution < -0.4 is 4.74 Å². The van der Waals surface area contributed by atoms with E-state index in [-0.39, 0.29) is 6.42 Å². The van der Waals surface area contributed by atoms with E-state index in [1.807, 2.05) is 61.5 Å². The number of benzene rings is 2. The quantitative estimate of drug-likeness (QED) is 0.768. The van der Waals surface area contributed by atoms with Gasteiger partial charge in [0.1, 0.15) is 16.8 Å². The second kappa shape index (κ2) is 7.66. The molecule has 6 nitrogen and oxygen atoms in total. The predicted molar refractivity (Wildman–Crippen MR) is 103 cm³/mol. The molecule has 2 aromatic carbocycles. The number of carbonyl (C=O) groups excluding carboxylic acids is 1. The standard InChI is InChI=1S/C21H22O6S/c1-13-17-18(27-20(22)26-17)21(23,12-14-8-10-15(24-2)11-9-14)19(25-13)28-16-6-4-3-5-7-16/h3-11,13,17-19,23H,12H2,1-2H3/t13-,17+,18+,19-,21-/m0/s1. The minimum Gasteiger partial charge on any atom is -0.497 e. The van der Waals surface area contributed by atoms with Crippen molar-refractivity contribution >= 4 is 17.9 Å². The molecule has 1 N–H and O–H groups in total. The summed E-state index contributed by atoms with van der Waals surface area (Å²) in [6.07, 6.45) is -2.39. The number of aliphatic hydroxyl groups is 1. The van der Waals surface area contributed by atoms with Gasteiger partial charge in [-0.1, -0.05) is 42.1 Å². The van der Waals surface area contributed by atoms with Gasteiger partial charge < -0.3 is 24.1 Å². The average Bonchev–Trinajstić information content (AvgIpc) is 3.11. The van der Waals surface area contributed by atoms with E-state index in [0.29, 0.717) is 0 Å². The molecule has 0 aromatic heterocycles. The topological polar surface area (TPSA) is 74.2 Å². The van der Waals surface area contributed by atoms with Crippen molar-refractivity contribution in [1.29, 1.82) is 0 Å². The Morgan fingerprint density at radius 2 is 1.82 bits per heavy atom. The van der Waals surface area contributed by atoms with Crippen LogP contribution in [-0.2, 0) is 20.6 Å². The maximum Gasteiger partial charge on any atom is 0.509 e. The molecule has 2 aliphatic rings. The van der Waals surface area contributed by atoms with Crippen LogP contribution in [0.25, 0.3) is 0 Å². The van der Waals surface area contributed by atoms with Crippen LogP contribution in [0.15, 0.2) is 59.5 Å². The van der Waals surface area contributed by atoms with Crippen LogP contribution in [0.5, 0.6) is 5.75 Å². The predicted octanol–water partition coefficient (Wildman–Crippen LogP) is 3.41. The number of rotatable bonds is 5. The van der Waals surface area contributed by atoms with E-state index >= 15 is 0 Å². The van der Waals surface area contributed by atoms with Crippen LogP contribution in [-0.4, -0.2) is 47.7 Å². The summed E-state index contributed by atoms with van der Waals surface area (Å²) >= 11 is 1.41. The molecule has 2 aliphatic heterocycles. The van der Waals surface area contributed by atoms with Crippen molar-refractivity contribution in [3.05, 3.63) is 60.2 Å². The van der Waals surface area contributed by atoms with Crippen molar-refractivity contribution in [2.24, 2.45) is 0 Å². The van der Waals surface area contributed by atoms with Crippen molar-refractivity contribution in [2.45, 2.75) is 47.6 Å². The molecule has 148 valence electrons. The summed E-state index contributed by atoms with van der Waals surface area (Å²) in [4.78, 5) is 12.8. The van der Waals surface area contributed by atoms with Gasteiger partial charge in [0, 0.05) is 11.3 Å². The normalized spacial score (nSPS) is 31.6. The maximum absolute atomic E-state index is 11.8. The Morgan fingerprint density at radius 1 is 1.11 bits per heavy atom. The maximum atomic E-state index is 11.8. The van der Waals surface area contributed by atoms with Crippen molar-refractivity contribution in [1.82, 2.24) is 0 Å². The molecule has 7 heteroatoms. The lowest BCUT2D eigenvalue weighted by Crippen LogP contribution is -2.64. The highest BCUT2D eigenvalue weighted by Crippen LogP contribution is 2.45. The van der Waals surface area contributed by atoms with E-state index < -0.39 is 35.5 Å². The van der Waals surface area contributed by atoms with Crippen LogP contribution in [0.1, 0.15) is 12.5 Å². The second-order valence-electron chi connectivity index (χ2n) is 6.99. The van der Waals surface area contributed by atoms with Crippen molar-refractivity contribution in [3.8, 4) is 5.75 Å². The third-order valence-electron chi connectivity index (χ3n) is 5.09. The molecular weight excluding hydrogens is 380 g/mol. The molecule has 0 radical (unpaired) electrons. The number of hydrogen-bond acceptors (Lipinski definition) is 7. The van der Waals surface area contributed by atoms with Crippen molar-refractivity contribution < 1.29 is 28.8 Å². The van der Waals surface area contributed by atoms with Crippen LogP contribution in [0.2, 0.25) is 0 Å². The monoisotopic (exact) mass is 402 g/mol. The van der Waals surface area contributed by atoms with Gasteiger partial charge in [-0.05, 0) is 36.8 Å². The Labute approximate surface area is 167 Å². The highest BCUT2D eigenvalue weighted by molar-refractivity contribution is 7.99. The molecule has 2 heterocycles.